The lowest BCUT2D eigenvalue weighted by Gasteiger charge is -2.34. The molecule has 1 N–H and O–H groups in total. The van der Waals surface area contributed by atoms with Gasteiger partial charge in [-0.3, -0.25) is 24.6 Å². The van der Waals surface area contributed by atoms with Gasteiger partial charge in [0, 0.05) is 57.0 Å². The van der Waals surface area contributed by atoms with Crippen molar-refractivity contribution in [1.82, 2.24) is 15.1 Å². The first-order chi connectivity index (χ1) is 13.0. The minimum Gasteiger partial charge on any atom is -0.350 e. The van der Waals surface area contributed by atoms with E-state index in [1.165, 1.54) is 29.5 Å². The lowest BCUT2D eigenvalue weighted by atomic mass is 10.1. The number of non-ortho nitro benzene ring substituents is 1. The molecule has 1 aliphatic heterocycles. The summed E-state index contributed by atoms with van der Waals surface area (Å²) in [6.07, 6.45) is 0. The number of carbonyl (C=O) groups excluding carboxylic acids is 2. The third-order valence-corrected chi connectivity index (χ3v) is 5.29. The Morgan fingerprint density at radius 3 is 2.59 bits per heavy atom. The highest BCUT2D eigenvalue weighted by Crippen LogP contribution is 2.16. The van der Waals surface area contributed by atoms with Crippen LogP contribution in [0.2, 0.25) is 0 Å². The number of piperazine rings is 1. The first-order valence-corrected chi connectivity index (χ1v) is 9.50. The Bertz CT molecular complexity index is 817. The minimum absolute atomic E-state index is 0.0653. The highest BCUT2D eigenvalue weighted by atomic mass is 32.1. The Hall–Kier alpha value is -2.78. The van der Waals surface area contributed by atoms with Crippen LogP contribution in [0.1, 0.15) is 20.0 Å². The monoisotopic (exact) mass is 388 g/mol. The van der Waals surface area contributed by atoms with E-state index in [0.29, 0.717) is 43.2 Å². The summed E-state index contributed by atoms with van der Waals surface area (Å²) in [5, 5.41) is 15.6. The van der Waals surface area contributed by atoms with E-state index in [-0.39, 0.29) is 17.5 Å². The molecule has 1 fully saturated rings. The first kappa shape index (κ1) is 19.0. The van der Waals surface area contributed by atoms with Gasteiger partial charge in [-0.2, -0.15) is 0 Å². The minimum atomic E-state index is -0.501. The van der Waals surface area contributed by atoms with Crippen LogP contribution in [0.15, 0.2) is 41.8 Å². The highest BCUT2D eigenvalue weighted by Gasteiger charge is 2.23. The van der Waals surface area contributed by atoms with Gasteiger partial charge in [0.1, 0.15) is 0 Å². The molecule has 2 aromatic rings. The molecule has 27 heavy (non-hydrogen) atoms. The van der Waals surface area contributed by atoms with Crippen molar-refractivity contribution < 1.29 is 14.5 Å². The Balaban J connectivity index is 1.44. The van der Waals surface area contributed by atoms with E-state index in [9.17, 15) is 19.7 Å². The van der Waals surface area contributed by atoms with Gasteiger partial charge in [0.25, 0.3) is 17.5 Å². The van der Waals surface area contributed by atoms with Crippen molar-refractivity contribution in [3.05, 3.63) is 62.3 Å². The smallest absolute Gasteiger partial charge is 0.270 e. The maximum atomic E-state index is 12.5. The van der Waals surface area contributed by atoms with Gasteiger partial charge in [-0.1, -0.05) is 12.1 Å². The fourth-order valence-corrected chi connectivity index (χ4v) is 3.57. The van der Waals surface area contributed by atoms with E-state index in [2.05, 4.69) is 10.2 Å². The Morgan fingerprint density at radius 2 is 1.93 bits per heavy atom. The Labute approximate surface area is 160 Å². The number of thiophene rings is 1. The van der Waals surface area contributed by atoms with E-state index < -0.39 is 4.92 Å². The van der Waals surface area contributed by atoms with Crippen LogP contribution in [0.4, 0.5) is 5.69 Å². The number of amides is 2. The molecule has 0 spiro atoms. The second-order valence-electron chi connectivity index (χ2n) is 6.17. The lowest BCUT2D eigenvalue weighted by molar-refractivity contribution is -0.384. The maximum Gasteiger partial charge on any atom is 0.270 e. The van der Waals surface area contributed by atoms with Gasteiger partial charge in [-0.25, -0.2) is 0 Å². The number of nitrogens with zero attached hydrogens (tertiary/aromatic N) is 3. The summed E-state index contributed by atoms with van der Waals surface area (Å²) >= 11 is 1.41. The van der Waals surface area contributed by atoms with Crippen LogP contribution in [0, 0.1) is 10.1 Å². The second-order valence-corrected chi connectivity index (χ2v) is 7.12. The molecule has 1 aromatic heterocycles. The summed E-state index contributed by atoms with van der Waals surface area (Å²) in [7, 11) is 0. The van der Waals surface area contributed by atoms with Crippen LogP contribution in [-0.2, 0) is 0 Å². The molecule has 142 valence electrons. The topological polar surface area (TPSA) is 95.8 Å². The zero-order valence-corrected chi connectivity index (χ0v) is 15.5. The van der Waals surface area contributed by atoms with Gasteiger partial charge in [0.05, 0.1) is 9.80 Å². The van der Waals surface area contributed by atoms with E-state index in [1.807, 2.05) is 11.4 Å². The van der Waals surface area contributed by atoms with Crippen molar-refractivity contribution in [3.63, 3.8) is 0 Å². The number of carbonyl (C=O) groups is 2. The number of benzene rings is 1. The summed E-state index contributed by atoms with van der Waals surface area (Å²) in [6, 6.07) is 9.45. The number of nitro groups is 1. The van der Waals surface area contributed by atoms with E-state index in [4.69, 9.17) is 0 Å². The first-order valence-electron chi connectivity index (χ1n) is 8.62. The van der Waals surface area contributed by atoms with Crippen molar-refractivity contribution >= 4 is 28.8 Å². The Morgan fingerprint density at radius 1 is 1.15 bits per heavy atom. The fourth-order valence-electron chi connectivity index (χ4n) is 2.93. The molecule has 0 radical (unpaired) electrons. The van der Waals surface area contributed by atoms with Crippen LogP contribution in [0.3, 0.4) is 0 Å². The molecule has 8 nitrogen and oxygen atoms in total. The summed E-state index contributed by atoms with van der Waals surface area (Å²) in [6.45, 7) is 3.79. The van der Waals surface area contributed by atoms with Gasteiger partial charge < -0.3 is 10.2 Å². The fraction of sp³-hybridized carbons (Fsp3) is 0.333. The molecule has 1 aliphatic rings. The third-order valence-electron chi connectivity index (χ3n) is 4.42. The summed E-state index contributed by atoms with van der Waals surface area (Å²) in [4.78, 5) is 39.4. The number of rotatable bonds is 6. The third kappa shape index (κ3) is 4.89. The number of nitro benzene ring substituents is 1. The van der Waals surface area contributed by atoms with E-state index in [1.54, 1.807) is 17.0 Å². The molecule has 2 amide bonds. The van der Waals surface area contributed by atoms with Gasteiger partial charge in [-0.05, 0) is 17.5 Å². The van der Waals surface area contributed by atoms with Crippen LogP contribution in [-0.4, -0.2) is 65.8 Å². The van der Waals surface area contributed by atoms with Gasteiger partial charge >= 0.3 is 0 Å². The predicted molar refractivity (Wildman–Crippen MR) is 102 cm³/mol. The molecule has 0 unspecified atom stereocenters. The van der Waals surface area contributed by atoms with Gasteiger partial charge in [-0.15, -0.1) is 11.3 Å². The molecule has 3 rings (SSSR count). The van der Waals surface area contributed by atoms with Crippen LogP contribution < -0.4 is 5.32 Å². The summed E-state index contributed by atoms with van der Waals surface area (Å²) < 4.78 is 0. The average Bonchev–Trinajstić information content (AvgIpc) is 3.23. The molecule has 2 heterocycles. The van der Waals surface area contributed by atoms with Crippen molar-refractivity contribution in [3.8, 4) is 0 Å². The van der Waals surface area contributed by atoms with Crippen LogP contribution in [0.5, 0.6) is 0 Å². The second kappa shape index (κ2) is 8.74. The quantitative estimate of drug-likeness (QED) is 0.602. The summed E-state index contributed by atoms with van der Waals surface area (Å²) in [5.74, 6) is -0.256. The van der Waals surface area contributed by atoms with Crippen molar-refractivity contribution in [2.24, 2.45) is 0 Å². The Kier molecular flexibility index (Phi) is 6.15. The van der Waals surface area contributed by atoms with Crippen LogP contribution >= 0.6 is 11.3 Å². The zero-order chi connectivity index (χ0) is 19.2. The van der Waals surface area contributed by atoms with Crippen molar-refractivity contribution in [2.45, 2.75) is 0 Å². The van der Waals surface area contributed by atoms with Gasteiger partial charge in [0.2, 0.25) is 0 Å². The maximum absolute atomic E-state index is 12.5. The standard InChI is InChI=1S/C18H20N4O4S/c23-17(16-5-2-12-27-16)19-6-7-20-8-10-21(11-9-20)18(24)14-3-1-4-15(13-14)22(25)26/h1-5,12-13H,6-11H2,(H,19,23). The van der Waals surface area contributed by atoms with Gasteiger partial charge in [0.15, 0.2) is 0 Å². The largest absolute Gasteiger partial charge is 0.350 e. The van der Waals surface area contributed by atoms with Crippen molar-refractivity contribution in [1.29, 1.82) is 0 Å². The number of hydrogen-bond acceptors (Lipinski definition) is 6. The summed E-state index contributed by atoms with van der Waals surface area (Å²) in [5.41, 5.74) is 0.252. The molecule has 9 heteroatoms. The molecule has 1 aromatic carbocycles. The molecular weight excluding hydrogens is 368 g/mol. The molecule has 1 saturated heterocycles. The molecule has 0 atom stereocenters. The highest BCUT2D eigenvalue weighted by molar-refractivity contribution is 7.12. The number of hydrogen-bond donors (Lipinski definition) is 1. The van der Waals surface area contributed by atoms with E-state index >= 15 is 0 Å². The normalized spacial score (nSPS) is 14.7. The predicted octanol–water partition coefficient (Wildman–Crippen LogP) is 1.84. The molecule has 0 saturated carbocycles. The zero-order valence-electron chi connectivity index (χ0n) is 14.7. The molecule has 0 aliphatic carbocycles. The van der Waals surface area contributed by atoms with Crippen LogP contribution in [0.25, 0.3) is 0 Å². The average molecular weight is 388 g/mol. The lowest BCUT2D eigenvalue weighted by Crippen LogP contribution is -2.50. The SMILES string of the molecule is O=C(NCCN1CCN(C(=O)c2cccc([N+](=O)[O-])c2)CC1)c1cccs1. The molecule has 0 bridgehead atoms. The number of nitrogens with one attached hydrogen (secondary N) is 1. The van der Waals surface area contributed by atoms with E-state index in [0.717, 1.165) is 6.54 Å². The molecular formula is C18H20N4O4S. The van der Waals surface area contributed by atoms with Crippen molar-refractivity contribution in [2.75, 3.05) is 39.3 Å².